The minimum atomic E-state index is -1.07. The second-order valence-corrected chi connectivity index (χ2v) is 4.50. The van der Waals surface area contributed by atoms with Gasteiger partial charge in [0, 0.05) is 19.8 Å². The monoisotopic (exact) mass is 296 g/mol. The highest BCUT2D eigenvalue weighted by Crippen LogP contribution is 2.25. The Morgan fingerprint density at radius 1 is 1.33 bits per heavy atom. The molecule has 2 amide bonds. The van der Waals surface area contributed by atoms with Crippen molar-refractivity contribution >= 4 is 17.7 Å². The number of benzene rings is 1. The molecule has 1 unspecified atom stereocenters. The molecule has 0 fully saturated rings. The summed E-state index contributed by atoms with van der Waals surface area (Å²) >= 11 is 0. The number of ether oxygens (including phenoxy) is 2. The standard InChI is InChI=1S/C14H20N2O5/c1-9(6-7-20-2)15-14(19)16-11-8-10(13(17)18)4-5-12(11)21-3/h4-5,8-9H,6-7H2,1-3H3,(H,17,18)(H2,15,16,19). The molecule has 0 bridgehead atoms. The van der Waals surface area contributed by atoms with Gasteiger partial charge in [0.2, 0.25) is 0 Å². The number of carbonyl (C=O) groups is 2. The minimum absolute atomic E-state index is 0.0681. The molecule has 21 heavy (non-hydrogen) atoms. The number of urea groups is 1. The molecule has 1 aromatic carbocycles. The van der Waals surface area contributed by atoms with Gasteiger partial charge in [-0.3, -0.25) is 0 Å². The van der Waals surface area contributed by atoms with Crippen molar-refractivity contribution in [2.75, 3.05) is 26.1 Å². The summed E-state index contributed by atoms with van der Waals surface area (Å²) in [6.07, 6.45) is 0.677. The topological polar surface area (TPSA) is 96.9 Å². The second kappa shape index (κ2) is 8.11. The van der Waals surface area contributed by atoms with Gasteiger partial charge in [-0.1, -0.05) is 0 Å². The summed E-state index contributed by atoms with van der Waals surface area (Å²) in [5.74, 6) is -0.686. The molecule has 0 spiro atoms. The Morgan fingerprint density at radius 3 is 2.62 bits per heavy atom. The number of amides is 2. The van der Waals surface area contributed by atoms with Crippen molar-refractivity contribution in [3.05, 3.63) is 23.8 Å². The van der Waals surface area contributed by atoms with Crippen LogP contribution in [-0.4, -0.2) is 44.0 Å². The van der Waals surface area contributed by atoms with E-state index >= 15 is 0 Å². The van der Waals surface area contributed by atoms with E-state index < -0.39 is 12.0 Å². The first-order chi connectivity index (χ1) is 9.97. The fourth-order valence-corrected chi connectivity index (χ4v) is 1.69. The maximum absolute atomic E-state index is 11.9. The lowest BCUT2D eigenvalue weighted by molar-refractivity contribution is 0.0697. The lowest BCUT2D eigenvalue weighted by atomic mass is 10.2. The summed E-state index contributed by atoms with van der Waals surface area (Å²) in [4.78, 5) is 22.8. The van der Waals surface area contributed by atoms with Crippen LogP contribution >= 0.6 is 0 Å². The van der Waals surface area contributed by atoms with E-state index in [2.05, 4.69) is 10.6 Å². The first kappa shape index (κ1) is 16.8. The van der Waals surface area contributed by atoms with E-state index in [1.807, 2.05) is 6.92 Å². The van der Waals surface area contributed by atoms with E-state index in [1.54, 1.807) is 7.11 Å². The number of rotatable bonds is 7. The van der Waals surface area contributed by atoms with Crippen LogP contribution in [0.5, 0.6) is 5.75 Å². The molecular formula is C14H20N2O5. The summed E-state index contributed by atoms with van der Waals surface area (Å²) in [6, 6.07) is 3.75. The smallest absolute Gasteiger partial charge is 0.335 e. The molecule has 7 heteroatoms. The lowest BCUT2D eigenvalue weighted by Gasteiger charge is -2.15. The van der Waals surface area contributed by atoms with Crippen molar-refractivity contribution in [3.8, 4) is 5.75 Å². The Hall–Kier alpha value is -2.28. The highest BCUT2D eigenvalue weighted by molar-refractivity contribution is 5.94. The first-order valence-corrected chi connectivity index (χ1v) is 6.45. The average Bonchev–Trinajstić information content (AvgIpc) is 2.44. The van der Waals surface area contributed by atoms with Gasteiger partial charge in [-0.25, -0.2) is 9.59 Å². The van der Waals surface area contributed by atoms with E-state index in [0.29, 0.717) is 24.5 Å². The van der Waals surface area contributed by atoms with Crippen molar-refractivity contribution in [2.45, 2.75) is 19.4 Å². The maximum atomic E-state index is 11.9. The summed E-state index contributed by atoms with van der Waals surface area (Å²) in [7, 11) is 3.04. The molecule has 1 aromatic rings. The van der Waals surface area contributed by atoms with Crippen LogP contribution in [-0.2, 0) is 4.74 Å². The Labute approximate surface area is 123 Å². The number of nitrogens with one attached hydrogen (secondary N) is 2. The Balaban J connectivity index is 2.74. The molecule has 0 aliphatic heterocycles. The molecule has 0 aliphatic carbocycles. The largest absolute Gasteiger partial charge is 0.495 e. The van der Waals surface area contributed by atoms with Crippen molar-refractivity contribution in [2.24, 2.45) is 0 Å². The molecule has 0 heterocycles. The van der Waals surface area contributed by atoms with Gasteiger partial charge in [0.25, 0.3) is 0 Å². The molecule has 0 aliphatic rings. The van der Waals surface area contributed by atoms with E-state index in [4.69, 9.17) is 14.6 Å². The molecule has 0 radical (unpaired) electrons. The van der Waals surface area contributed by atoms with Gasteiger partial charge in [0.05, 0.1) is 18.4 Å². The fourth-order valence-electron chi connectivity index (χ4n) is 1.69. The summed E-state index contributed by atoms with van der Waals surface area (Å²) < 4.78 is 10.0. The van der Waals surface area contributed by atoms with Gasteiger partial charge in [-0.2, -0.15) is 0 Å². The molecule has 0 aromatic heterocycles. The minimum Gasteiger partial charge on any atom is -0.495 e. The Kier molecular flexibility index (Phi) is 6.48. The van der Waals surface area contributed by atoms with Gasteiger partial charge in [0.1, 0.15) is 5.75 Å². The van der Waals surface area contributed by atoms with Crippen LogP contribution < -0.4 is 15.4 Å². The zero-order chi connectivity index (χ0) is 15.8. The Bertz CT molecular complexity index is 504. The number of carboxylic acids is 1. The predicted octanol–water partition coefficient (Wildman–Crippen LogP) is 1.94. The van der Waals surface area contributed by atoms with E-state index in [1.165, 1.54) is 25.3 Å². The molecule has 1 atom stereocenters. The van der Waals surface area contributed by atoms with Gasteiger partial charge < -0.3 is 25.2 Å². The maximum Gasteiger partial charge on any atom is 0.335 e. The van der Waals surface area contributed by atoms with Crippen LogP contribution in [0.2, 0.25) is 0 Å². The van der Waals surface area contributed by atoms with E-state index in [-0.39, 0.29) is 11.6 Å². The third-order valence-electron chi connectivity index (χ3n) is 2.83. The molecule has 0 saturated carbocycles. The summed E-state index contributed by atoms with van der Waals surface area (Å²) in [5.41, 5.74) is 0.368. The van der Waals surface area contributed by atoms with Crippen LogP contribution in [0.25, 0.3) is 0 Å². The highest BCUT2D eigenvalue weighted by atomic mass is 16.5. The van der Waals surface area contributed by atoms with Crippen LogP contribution in [0, 0.1) is 0 Å². The number of anilines is 1. The predicted molar refractivity (Wildman–Crippen MR) is 78.1 cm³/mol. The van der Waals surface area contributed by atoms with Crippen LogP contribution in [0.4, 0.5) is 10.5 Å². The molecule has 1 rings (SSSR count). The summed E-state index contributed by atoms with van der Waals surface area (Å²) in [5, 5.41) is 14.3. The third kappa shape index (κ3) is 5.31. The zero-order valence-electron chi connectivity index (χ0n) is 12.3. The Morgan fingerprint density at radius 2 is 2.05 bits per heavy atom. The quantitative estimate of drug-likeness (QED) is 0.714. The first-order valence-electron chi connectivity index (χ1n) is 6.45. The number of hydrogen-bond donors (Lipinski definition) is 3. The van der Waals surface area contributed by atoms with Crippen molar-refractivity contribution in [3.63, 3.8) is 0 Å². The number of carboxylic acid groups (broad SMARTS) is 1. The van der Waals surface area contributed by atoms with Gasteiger partial charge in [-0.05, 0) is 31.5 Å². The molecule has 116 valence electrons. The van der Waals surface area contributed by atoms with Crippen LogP contribution in [0.3, 0.4) is 0 Å². The van der Waals surface area contributed by atoms with E-state index in [0.717, 1.165) is 0 Å². The van der Waals surface area contributed by atoms with Gasteiger partial charge in [-0.15, -0.1) is 0 Å². The third-order valence-corrected chi connectivity index (χ3v) is 2.83. The summed E-state index contributed by atoms with van der Waals surface area (Å²) in [6.45, 7) is 2.39. The number of aromatic carboxylic acids is 1. The number of methoxy groups -OCH3 is 2. The van der Waals surface area contributed by atoms with Gasteiger partial charge >= 0.3 is 12.0 Å². The average molecular weight is 296 g/mol. The molecular weight excluding hydrogens is 276 g/mol. The van der Waals surface area contributed by atoms with Gasteiger partial charge in [0.15, 0.2) is 0 Å². The fraction of sp³-hybridized carbons (Fsp3) is 0.429. The number of hydrogen-bond acceptors (Lipinski definition) is 4. The van der Waals surface area contributed by atoms with Crippen LogP contribution in [0.1, 0.15) is 23.7 Å². The van der Waals surface area contributed by atoms with Crippen molar-refractivity contribution in [1.29, 1.82) is 0 Å². The number of carbonyl (C=O) groups excluding carboxylic acids is 1. The van der Waals surface area contributed by atoms with Crippen molar-refractivity contribution < 1.29 is 24.2 Å². The normalized spacial score (nSPS) is 11.6. The molecule has 3 N–H and O–H groups in total. The SMILES string of the molecule is COCCC(C)NC(=O)Nc1cc(C(=O)O)ccc1OC. The molecule has 7 nitrogen and oxygen atoms in total. The lowest BCUT2D eigenvalue weighted by Crippen LogP contribution is -2.36. The van der Waals surface area contributed by atoms with E-state index in [9.17, 15) is 9.59 Å². The zero-order valence-corrected chi connectivity index (χ0v) is 12.3. The van der Waals surface area contributed by atoms with Crippen LogP contribution in [0.15, 0.2) is 18.2 Å². The van der Waals surface area contributed by atoms with Crippen molar-refractivity contribution in [1.82, 2.24) is 5.32 Å². The molecule has 0 saturated heterocycles. The second-order valence-electron chi connectivity index (χ2n) is 4.50. The highest BCUT2D eigenvalue weighted by Gasteiger charge is 2.13.